The van der Waals surface area contributed by atoms with Gasteiger partial charge in [-0.25, -0.2) is 0 Å². The summed E-state index contributed by atoms with van der Waals surface area (Å²) < 4.78 is 11.1. The van der Waals surface area contributed by atoms with Crippen LogP contribution in [0.3, 0.4) is 0 Å². The van der Waals surface area contributed by atoms with E-state index in [9.17, 15) is 9.90 Å². The van der Waals surface area contributed by atoms with Crippen LogP contribution in [0.2, 0.25) is 0 Å². The summed E-state index contributed by atoms with van der Waals surface area (Å²) in [6.07, 6.45) is 40.7. The number of carbonyl (C=O) groups excluding carboxylic acids is 1. The summed E-state index contributed by atoms with van der Waals surface area (Å²) in [6, 6.07) is 0. The van der Waals surface area contributed by atoms with E-state index in [1.807, 2.05) is 0 Å². The Labute approximate surface area is 256 Å². The van der Waals surface area contributed by atoms with Gasteiger partial charge < -0.3 is 14.6 Å². The molecule has 4 nitrogen and oxygen atoms in total. The predicted octanol–water partition coefficient (Wildman–Crippen LogP) is 11.2. The molecular formula is C37H70O4. The molecule has 0 heterocycles. The fraction of sp³-hybridized carbons (Fsp3) is 0.865. The van der Waals surface area contributed by atoms with Crippen LogP contribution in [-0.4, -0.2) is 37.0 Å². The molecule has 1 atom stereocenters. The summed E-state index contributed by atoms with van der Waals surface area (Å²) >= 11 is 0. The van der Waals surface area contributed by atoms with Gasteiger partial charge in [-0.2, -0.15) is 0 Å². The van der Waals surface area contributed by atoms with Gasteiger partial charge in [0, 0.05) is 13.0 Å². The van der Waals surface area contributed by atoms with E-state index in [2.05, 4.69) is 38.2 Å². The van der Waals surface area contributed by atoms with E-state index in [0.717, 1.165) is 25.7 Å². The van der Waals surface area contributed by atoms with Crippen LogP contribution in [-0.2, 0) is 14.3 Å². The van der Waals surface area contributed by atoms with Crippen molar-refractivity contribution in [3.63, 3.8) is 0 Å². The molecule has 242 valence electrons. The van der Waals surface area contributed by atoms with E-state index in [0.29, 0.717) is 19.6 Å². The number of esters is 1. The Morgan fingerprint density at radius 1 is 0.585 bits per heavy atom. The van der Waals surface area contributed by atoms with E-state index >= 15 is 0 Å². The molecule has 0 amide bonds. The Bertz CT molecular complexity index is 571. The van der Waals surface area contributed by atoms with Crippen LogP contribution in [0, 0.1) is 0 Å². The Hall–Kier alpha value is -1.13. The van der Waals surface area contributed by atoms with E-state index in [1.165, 1.54) is 135 Å². The Morgan fingerprint density at radius 3 is 1.61 bits per heavy atom. The van der Waals surface area contributed by atoms with Crippen LogP contribution in [0.5, 0.6) is 0 Å². The van der Waals surface area contributed by atoms with E-state index in [1.54, 1.807) is 0 Å². The average molecular weight is 579 g/mol. The molecule has 0 spiro atoms. The Balaban J connectivity index is 3.43. The molecular weight excluding hydrogens is 508 g/mol. The molecule has 1 N–H and O–H groups in total. The summed E-state index contributed by atoms with van der Waals surface area (Å²) in [7, 11) is 0. The molecule has 0 saturated heterocycles. The number of hydrogen-bond donors (Lipinski definition) is 1. The number of rotatable bonds is 33. The molecule has 0 aliphatic rings. The highest BCUT2D eigenvalue weighted by Crippen LogP contribution is 2.14. The molecule has 1 unspecified atom stereocenters. The van der Waals surface area contributed by atoms with Crippen LogP contribution < -0.4 is 0 Å². The van der Waals surface area contributed by atoms with Gasteiger partial charge in [0.25, 0.3) is 0 Å². The molecule has 0 bridgehead atoms. The second-order valence-corrected chi connectivity index (χ2v) is 11.9. The third-order valence-electron chi connectivity index (χ3n) is 7.76. The zero-order chi connectivity index (χ0) is 29.9. The topological polar surface area (TPSA) is 55.8 Å². The van der Waals surface area contributed by atoms with Crippen molar-refractivity contribution in [3.05, 3.63) is 24.3 Å². The summed E-state index contributed by atoms with van der Waals surface area (Å²) in [5.41, 5.74) is 0. The first-order valence-corrected chi connectivity index (χ1v) is 17.9. The molecule has 0 aromatic heterocycles. The average Bonchev–Trinajstić information content (AvgIpc) is 2.98. The third kappa shape index (κ3) is 33.2. The first kappa shape index (κ1) is 39.9. The lowest BCUT2D eigenvalue weighted by atomic mass is 10.0. The SMILES string of the molecule is CCC/C=C\C/C=C\CCCCCCCCOCC(CO)OC(=O)CCCCCCCCCCCCCCCCC. The predicted molar refractivity (Wildman–Crippen MR) is 177 cm³/mol. The highest BCUT2D eigenvalue weighted by Gasteiger charge is 2.13. The second kappa shape index (κ2) is 35.1. The van der Waals surface area contributed by atoms with E-state index in [-0.39, 0.29) is 12.6 Å². The maximum absolute atomic E-state index is 12.1. The molecule has 0 aromatic carbocycles. The summed E-state index contributed by atoms with van der Waals surface area (Å²) in [5.74, 6) is -0.204. The lowest BCUT2D eigenvalue weighted by Gasteiger charge is -2.15. The quantitative estimate of drug-likeness (QED) is 0.0478. The van der Waals surface area contributed by atoms with Gasteiger partial charge in [-0.3, -0.25) is 4.79 Å². The van der Waals surface area contributed by atoms with E-state index < -0.39 is 6.10 Å². The summed E-state index contributed by atoms with van der Waals surface area (Å²) in [6.45, 7) is 5.27. The molecule has 0 radical (unpaired) electrons. The van der Waals surface area contributed by atoms with Gasteiger partial charge in [0.2, 0.25) is 0 Å². The zero-order valence-corrected chi connectivity index (χ0v) is 27.6. The van der Waals surface area contributed by atoms with Gasteiger partial charge in [0.05, 0.1) is 13.2 Å². The molecule has 4 heteroatoms. The normalized spacial score (nSPS) is 12.6. The van der Waals surface area contributed by atoms with Gasteiger partial charge in [-0.15, -0.1) is 0 Å². The fourth-order valence-electron chi connectivity index (χ4n) is 5.07. The maximum Gasteiger partial charge on any atom is 0.306 e. The smallest absolute Gasteiger partial charge is 0.306 e. The lowest BCUT2D eigenvalue weighted by molar-refractivity contribution is -0.154. The summed E-state index contributed by atoms with van der Waals surface area (Å²) in [5, 5.41) is 9.54. The molecule has 0 aromatic rings. The lowest BCUT2D eigenvalue weighted by Crippen LogP contribution is -2.27. The molecule has 41 heavy (non-hydrogen) atoms. The molecule has 0 saturated carbocycles. The minimum atomic E-state index is -0.533. The van der Waals surface area contributed by atoms with Crippen LogP contribution >= 0.6 is 0 Å². The largest absolute Gasteiger partial charge is 0.457 e. The van der Waals surface area contributed by atoms with Gasteiger partial charge in [-0.1, -0.05) is 160 Å². The fourth-order valence-corrected chi connectivity index (χ4v) is 5.07. The van der Waals surface area contributed by atoms with Crippen molar-refractivity contribution in [2.45, 2.75) is 187 Å². The van der Waals surface area contributed by atoms with Crippen molar-refractivity contribution < 1.29 is 19.4 Å². The highest BCUT2D eigenvalue weighted by molar-refractivity contribution is 5.69. The van der Waals surface area contributed by atoms with Crippen molar-refractivity contribution in [1.82, 2.24) is 0 Å². The molecule has 0 aliphatic carbocycles. The number of allylic oxidation sites excluding steroid dienone is 4. The van der Waals surface area contributed by atoms with Crippen molar-refractivity contribution in [1.29, 1.82) is 0 Å². The van der Waals surface area contributed by atoms with E-state index in [4.69, 9.17) is 9.47 Å². The van der Waals surface area contributed by atoms with Gasteiger partial charge in [0.1, 0.15) is 6.10 Å². The minimum absolute atomic E-state index is 0.173. The minimum Gasteiger partial charge on any atom is -0.457 e. The molecule has 0 fully saturated rings. The van der Waals surface area contributed by atoms with Crippen molar-refractivity contribution in [3.8, 4) is 0 Å². The first-order valence-electron chi connectivity index (χ1n) is 17.9. The van der Waals surface area contributed by atoms with Crippen molar-refractivity contribution in [2.24, 2.45) is 0 Å². The maximum atomic E-state index is 12.1. The number of aliphatic hydroxyl groups excluding tert-OH is 1. The Kier molecular flexibility index (Phi) is 34.1. The number of aliphatic hydroxyl groups is 1. The Morgan fingerprint density at radius 2 is 1.07 bits per heavy atom. The van der Waals surface area contributed by atoms with Gasteiger partial charge in [0.15, 0.2) is 0 Å². The summed E-state index contributed by atoms with van der Waals surface area (Å²) in [4.78, 5) is 12.1. The van der Waals surface area contributed by atoms with Crippen molar-refractivity contribution >= 4 is 5.97 Å². The standard InChI is InChI=1S/C37H70O4/c1-3-5-7-9-11-13-15-17-19-20-22-24-26-28-30-32-37(39)41-36(34-38)35-40-33-31-29-27-25-23-21-18-16-14-12-10-8-6-4-2/h8,10,14,16,36,38H,3-7,9,11-13,15,17-35H2,1-2H3/b10-8-,16-14-. The number of carbonyl (C=O) groups is 1. The second-order valence-electron chi connectivity index (χ2n) is 11.9. The van der Waals surface area contributed by atoms with Gasteiger partial charge >= 0.3 is 5.97 Å². The van der Waals surface area contributed by atoms with Crippen LogP contribution in [0.4, 0.5) is 0 Å². The van der Waals surface area contributed by atoms with Crippen molar-refractivity contribution in [2.75, 3.05) is 19.8 Å². The van der Waals surface area contributed by atoms with Crippen LogP contribution in [0.1, 0.15) is 181 Å². The third-order valence-corrected chi connectivity index (χ3v) is 7.76. The number of hydrogen-bond acceptors (Lipinski definition) is 4. The van der Waals surface area contributed by atoms with Crippen LogP contribution in [0.15, 0.2) is 24.3 Å². The zero-order valence-electron chi connectivity index (χ0n) is 27.6. The monoisotopic (exact) mass is 579 g/mol. The molecule has 0 aliphatic heterocycles. The van der Waals surface area contributed by atoms with Gasteiger partial charge in [-0.05, 0) is 38.5 Å². The highest BCUT2D eigenvalue weighted by atomic mass is 16.6. The number of unbranched alkanes of at least 4 members (excludes halogenated alkanes) is 21. The number of ether oxygens (including phenoxy) is 2. The first-order chi connectivity index (χ1) is 20.2. The molecule has 0 rings (SSSR count). The van der Waals surface area contributed by atoms with Crippen LogP contribution in [0.25, 0.3) is 0 Å².